The van der Waals surface area contributed by atoms with Gasteiger partial charge in [0.2, 0.25) is 5.91 Å². The number of carboxylic acid groups (broad SMARTS) is 1. The van der Waals surface area contributed by atoms with Crippen LogP contribution in [0.15, 0.2) is 24.4 Å². The molecule has 0 spiro atoms. The van der Waals surface area contributed by atoms with Crippen molar-refractivity contribution in [3.63, 3.8) is 0 Å². The van der Waals surface area contributed by atoms with Gasteiger partial charge in [0.05, 0.1) is 12.3 Å². The van der Waals surface area contributed by atoms with E-state index >= 15 is 0 Å². The average Bonchev–Trinajstić information content (AvgIpc) is 3.18. The zero-order valence-electron chi connectivity index (χ0n) is 17.2. The van der Waals surface area contributed by atoms with Crippen LogP contribution in [0.2, 0.25) is 0 Å². The Hall–Kier alpha value is -2.20. The van der Waals surface area contributed by atoms with E-state index in [0.29, 0.717) is 12.5 Å². The summed E-state index contributed by atoms with van der Waals surface area (Å²) >= 11 is 0. The Morgan fingerprint density at radius 1 is 1.37 bits per heavy atom. The number of ether oxygens (including phenoxy) is 1. The average molecular weight is 431 g/mol. The van der Waals surface area contributed by atoms with Crippen LogP contribution in [0.1, 0.15) is 25.0 Å². The number of fused-ring (bicyclic) bond motifs is 1. The molecule has 2 fully saturated rings. The molecule has 3 rings (SSSR count). The van der Waals surface area contributed by atoms with Crippen molar-refractivity contribution in [1.29, 1.82) is 0 Å². The zero-order valence-corrected chi connectivity index (χ0v) is 17.2. The maximum atomic E-state index is 11.7. The standard InChI is InChI=1S/C18H27N3O2.C2HF3O2/c1-20(2)17(22)12-23-14-18-8-5-6-15(18)10-21(13-18)11-16-7-3-4-9-19-16;3-2(4,5)1(6)7/h3-4,7,9,15H,5-6,8,10-14H2,1-2H3;(H,6,7)/t15-,18+;/m1./s1. The van der Waals surface area contributed by atoms with Crippen molar-refractivity contribution >= 4 is 11.9 Å². The van der Waals surface area contributed by atoms with Crippen LogP contribution in [0.4, 0.5) is 13.2 Å². The van der Waals surface area contributed by atoms with Crippen LogP contribution in [-0.4, -0.2) is 78.3 Å². The summed E-state index contributed by atoms with van der Waals surface area (Å²) in [7, 11) is 3.54. The maximum absolute atomic E-state index is 11.7. The summed E-state index contributed by atoms with van der Waals surface area (Å²) in [5.41, 5.74) is 1.37. The first-order valence-corrected chi connectivity index (χ1v) is 9.74. The molecule has 2 atom stereocenters. The summed E-state index contributed by atoms with van der Waals surface area (Å²) in [6.45, 7) is 4.00. The number of rotatable bonds is 6. The molecule has 0 bridgehead atoms. The second kappa shape index (κ2) is 10.2. The summed E-state index contributed by atoms with van der Waals surface area (Å²) in [5, 5.41) is 7.12. The third-order valence-corrected chi connectivity index (χ3v) is 5.58. The molecule has 1 aromatic heterocycles. The Balaban J connectivity index is 0.000000396. The number of aromatic nitrogens is 1. The van der Waals surface area contributed by atoms with Crippen molar-refractivity contribution in [2.24, 2.45) is 11.3 Å². The van der Waals surface area contributed by atoms with Crippen LogP contribution < -0.4 is 0 Å². The number of halogens is 3. The van der Waals surface area contributed by atoms with Gasteiger partial charge in [-0.05, 0) is 30.9 Å². The van der Waals surface area contributed by atoms with E-state index < -0.39 is 12.1 Å². The fourth-order valence-electron chi connectivity index (χ4n) is 4.07. The number of carbonyl (C=O) groups is 2. The number of hydrogen-bond donors (Lipinski definition) is 1. The molecule has 0 unspecified atom stereocenters. The molecule has 0 radical (unpaired) electrons. The lowest BCUT2D eigenvalue weighted by Crippen LogP contribution is -2.34. The number of aliphatic carboxylic acids is 1. The Morgan fingerprint density at radius 3 is 2.63 bits per heavy atom. The van der Waals surface area contributed by atoms with Gasteiger partial charge in [-0.2, -0.15) is 13.2 Å². The van der Waals surface area contributed by atoms with Gasteiger partial charge in [0, 0.05) is 45.3 Å². The van der Waals surface area contributed by atoms with Gasteiger partial charge in [-0.25, -0.2) is 4.79 Å². The van der Waals surface area contributed by atoms with Crippen LogP contribution in [0, 0.1) is 11.3 Å². The smallest absolute Gasteiger partial charge is 0.475 e. The van der Waals surface area contributed by atoms with Crippen LogP contribution in [-0.2, 0) is 20.9 Å². The number of alkyl halides is 3. The molecule has 1 saturated heterocycles. The monoisotopic (exact) mass is 431 g/mol. The van der Waals surface area contributed by atoms with E-state index in [2.05, 4.69) is 16.0 Å². The molecule has 1 aliphatic heterocycles. The Labute approximate surface area is 173 Å². The SMILES string of the molecule is CN(C)C(=O)COC[C@@]12CCC[C@@H]1CN(Cc1ccccn1)C2.O=C(O)C(F)(F)F. The van der Waals surface area contributed by atoms with Crippen LogP contribution in [0.5, 0.6) is 0 Å². The Bertz CT molecular complexity index is 715. The predicted octanol–water partition coefficient (Wildman–Crippen LogP) is 2.42. The maximum Gasteiger partial charge on any atom is 0.490 e. The number of amides is 1. The van der Waals surface area contributed by atoms with Crippen molar-refractivity contribution in [1.82, 2.24) is 14.8 Å². The second-order valence-corrected chi connectivity index (χ2v) is 8.03. The van der Waals surface area contributed by atoms with Gasteiger partial charge in [0.15, 0.2) is 0 Å². The van der Waals surface area contributed by atoms with Gasteiger partial charge in [-0.15, -0.1) is 0 Å². The van der Waals surface area contributed by atoms with Gasteiger partial charge in [0.25, 0.3) is 0 Å². The minimum atomic E-state index is -5.08. The van der Waals surface area contributed by atoms with Gasteiger partial charge >= 0.3 is 12.1 Å². The lowest BCUT2D eigenvalue weighted by Gasteiger charge is -2.29. The van der Waals surface area contributed by atoms with Gasteiger partial charge < -0.3 is 14.7 Å². The number of pyridine rings is 1. The first-order valence-electron chi connectivity index (χ1n) is 9.74. The van der Waals surface area contributed by atoms with Crippen molar-refractivity contribution < 1.29 is 32.6 Å². The van der Waals surface area contributed by atoms with Crippen molar-refractivity contribution in [3.05, 3.63) is 30.1 Å². The highest BCUT2D eigenvalue weighted by atomic mass is 19.4. The normalized spacial score (nSPS) is 23.4. The number of carboxylic acids is 1. The molecule has 2 heterocycles. The van der Waals surface area contributed by atoms with Gasteiger partial charge in [0.1, 0.15) is 6.61 Å². The van der Waals surface area contributed by atoms with Crippen molar-refractivity contribution in [2.45, 2.75) is 32.0 Å². The first kappa shape index (κ1) is 24.1. The molecule has 1 saturated carbocycles. The number of nitrogens with zero attached hydrogens (tertiary/aromatic N) is 3. The Morgan fingerprint density at radius 2 is 2.07 bits per heavy atom. The lowest BCUT2D eigenvalue weighted by atomic mass is 9.81. The van der Waals surface area contributed by atoms with E-state index in [9.17, 15) is 18.0 Å². The fourth-order valence-corrected chi connectivity index (χ4v) is 4.07. The summed E-state index contributed by atoms with van der Waals surface area (Å²) < 4.78 is 37.5. The molecular formula is C20H28F3N3O4. The lowest BCUT2D eigenvalue weighted by molar-refractivity contribution is -0.192. The molecule has 168 valence electrons. The number of carbonyl (C=O) groups excluding carboxylic acids is 1. The largest absolute Gasteiger partial charge is 0.490 e. The van der Waals surface area contributed by atoms with Gasteiger partial charge in [-0.1, -0.05) is 12.5 Å². The van der Waals surface area contributed by atoms with E-state index in [1.54, 1.807) is 19.0 Å². The fraction of sp³-hybridized carbons (Fsp3) is 0.650. The highest BCUT2D eigenvalue weighted by molar-refractivity contribution is 5.76. The first-order chi connectivity index (χ1) is 14.0. The van der Waals surface area contributed by atoms with Crippen LogP contribution in [0.25, 0.3) is 0 Å². The molecule has 0 aromatic carbocycles. The molecule has 2 aliphatic rings. The molecule has 30 heavy (non-hydrogen) atoms. The zero-order chi connectivity index (χ0) is 22.4. The number of hydrogen-bond acceptors (Lipinski definition) is 5. The minimum Gasteiger partial charge on any atom is -0.475 e. The minimum absolute atomic E-state index is 0.0410. The van der Waals surface area contributed by atoms with E-state index in [-0.39, 0.29) is 17.9 Å². The summed E-state index contributed by atoms with van der Waals surface area (Å²) in [6.07, 6.45) is 0.557. The molecule has 10 heteroatoms. The molecular weight excluding hydrogens is 403 g/mol. The third-order valence-electron chi connectivity index (χ3n) is 5.58. The third kappa shape index (κ3) is 6.66. The summed E-state index contributed by atoms with van der Waals surface area (Å²) in [6, 6.07) is 6.09. The summed E-state index contributed by atoms with van der Waals surface area (Å²) in [5.74, 6) is -2.02. The number of likely N-dealkylation sites (tertiary alicyclic amines) is 1. The quantitative estimate of drug-likeness (QED) is 0.745. The van der Waals surface area contributed by atoms with E-state index in [1.165, 1.54) is 19.3 Å². The molecule has 1 N–H and O–H groups in total. The molecule has 1 aliphatic carbocycles. The molecule has 1 aromatic rings. The van der Waals surface area contributed by atoms with Crippen molar-refractivity contribution in [2.75, 3.05) is 40.4 Å². The van der Waals surface area contributed by atoms with E-state index in [0.717, 1.165) is 25.3 Å². The second-order valence-electron chi connectivity index (χ2n) is 8.03. The van der Waals surface area contributed by atoms with Crippen molar-refractivity contribution in [3.8, 4) is 0 Å². The highest BCUT2D eigenvalue weighted by Crippen LogP contribution is 2.49. The number of likely N-dealkylation sites (N-methyl/N-ethyl adjacent to an activating group) is 1. The van der Waals surface area contributed by atoms with Crippen LogP contribution >= 0.6 is 0 Å². The predicted molar refractivity (Wildman–Crippen MR) is 102 cm³/mol. The topological polar surface area (TPSA) is 83.0 Å². The summed E-state index contributed by atoms with van der Waals surface area (Å²) in [4.78, 5) is 29.1. The molecule has 1 amide bonds. The van der Waals surface area contributed by atoms with E-state index in [1.807, 2.05) is 18.3 Å². The molecule has 7 nitrogen and oxygen atoms in total. The van der Waals surface area contributed by atoms with E-state index in [4.69, 9.17) is 14.6 Å². The highest BCUT2D eigenvalue weighted by Gasteiger charge is 2.49. The van der Waals surface area contributed by atoms with Gasteiger partial charge in [-0.3, -0.25) is 14.7 Å². The van der Waals surface area contributed by atoms with Crippen LogP contribution in [0.3, 0.4) is 0 Å². The Kier molecular flexibility index (Phi) is 8.19.